The summed E-state index contributed by atoms with van der Waals surface area (Å²) < 4.78 is 5.20. The van der Waals surface area contributed by atoms with E-state index in [1.165, 1.54) is 0 Å². The van der Waals surface area contributed by atoms with Gasteiger partial charge in [-0.05, 0) is 38.5 Å². The van der Waals surface area contributed by atoms with Crippen molar-refractivity contribution >= 4 is 18.3 Å². The molecule has 1 aliphatic rings. The first-order valence-electron chi connectivity index (χ1n) is 7.77. The van der Waals surface area contributed by atoms with E-state index in [1.807, 2.05) is 0 Å². The molecule has 0 aromatic heterocycles. The third-order valence-corrected chi connectivity index (χ3v) is 3.73. The monoisotopic (exact) mass is 299 g/mol. The molecule has 0 saturated heterocycles. The van der Waals surface area contributed by atoms with Gasteiger partial charge in [0, 0.05) is 6.42 Å². The molecule has 0 radical (unpaired) electrons. The highest BCUT2D eigenvalue weighted by atomic mass is 16.6. The van der Waals surface area contributed by atoms with Gasteiger partial charge in [0.25, 0.3) is 0 Å². The number of aliphatic carboxylic acids is 1. The number of amides is 1. The Balaban J connectivity index is 2.20. The maximum Gasteiger partial charge on any atom is 0.408 e. The van der Waals surface area contributed by atoms with Crippen molar-refractivity contribution in [2.24, 2.45) is 0 Å². The molecular formula is C15H25NO5. The number of carbonyl (C=O) groups excluding carboxylic acids is 2. The van der Waals surface area contributed by atoms with E-state index in [4.69, 9.17) is 9.84 Å². The lowest BCUT2D eigenvalue weighted by Gasteiger charge is -2.17. The van der Waals surface area contributed by atoms with Crippen molar-refractivity contribution in [3.8, 4) is 0 Å². The summed E-state index contributed by atoms with van der Waals surface area (Å²) >= 11 is 0. The number of carboxylic acid groups (broad SMARTS) is 1. The summed E-state index contributed by atoms with van der Waals surface area (Å²) in [6, 6.07) is -0.898. The van der Waals surface area contributed by atoms with Gasteiger partial charge in [0.1, 0.15) is 18.4 Å². The molecule has 1 saturated carbocycles. The topological polar surface area (TPSA) is 92.7 Å². The van der Waals surface area contributed by atoms with Gasteiger partial charge in [0.05, 0.1) is 0 Å². The Morgan fingerprint density at radius 3 is 2.48 bits per heavy atom. The molecule has 6 nitrogen and oxygen atoms in total. The van der Waals surface area contributed by atoms with Crippen LogP contribution in [0.25, 0.3) is 0 Å². The molecular weight excluding hydrogens is 274 g/mol. The number of unbranched alkanes of at least 4 members (excludes halogenated alkanes) is 4. The number of carboxylic acids is 1. The molecule has 0 heterocycles. The summed E-state index contributed by atoms with van der Waals surface area (Å²) in [6.07, 6.45) is 8.27. The fraction of sp³-hybridized carbons (Fsp3) is 0.800. The predicted octanol–water partition coefficient (Wildman–Crippen LogP) is 2.65. The second kappa shape index (κ2) is 10.2. The Kier molecular flexibility index (Phi) is 8.47. The highest BCUT2D eigenvalue weighted by Gasteiger charge is 2.23. The lowest BCUT2D eigenvalue weighted by atomic mass is 10.1. The molecule has 0 aromatic carbocycles. The third-order valence-electron chi connectivity index (χ3n) is 3.73. The van der Waals surface area contributed by atoms with Crippen molar-refractivity contribution < 1.29 is 24.2 Å². The first kappa shape index (κ1) is 17.5. The number of hydrogen-bond acceptors (Lipinski definition) is 4. The molecule has 2 N–H and O–H groups in total. The Labute approximate surface area is 125 Å². The summed E-state index contributed by atoms with van der Waals surface area (Å²) in [6.45, 7) is 0. The molecule has 0 aromatic rings. The van der Waals surface area contributed by atoms with E-state index in [2.05, 4.69) is 5.32 Å². The van der Waals surface area contributed by atoms with Gasteiger partial charge in [-0.25, -0.2) is 9.59 Å². The molecule has 0 aliphatic heterocycles. The van der Waals surface area contributed by atoms with E-state index in [1.54, 1.807) is 0 Å². The smallest absolute Gasteiger partial charge is 0.408 e. The van der Waals surface area contributed by atoms with Gasteiger partial charge >= 0.3 is 12.1 Å². The van der Waals surface area contributed by atoms with Crippen LogP contribution in [0.5, 0.6) is 0 Å². The number of alkyl carbamates (subject to hydrolysis) is 1. The summed E-state index contributed by atoms with van der Waals surface area (Å²) in [5.74, 6) is -1.04. The van der Waals surface area contributed by atoms with Crippen LogP contribution < -0.4 is 5.32 Å². The van der Waals surface area contributed by atoms with Crippen molar-refractivity contribution in [1.29, 1.82) is 0 Å². The minimum Gasteiger partial charge on any atom is -0.480 e. The SMILES string of the molecule is O=CCCCCCC[C@H](NC(=O)OC1CCCC1)C(=O)O. The molecule has 1 atom stereocenters. The summed E-state index contributed by atoms with van der Waals surface area (Å²) in [7, 11) is 0. The van der Waals surface area contributed by atoms with Crippen molar-refractivity contribution in [2.75, 3.05) is 0 Å². The normalized spacial score (nSPS) is 16.4. The summed E-state index contributed by atoms with van der Waals surface area (Å²) in [5, 5.41) is 11.5. The van der Waals surface area contributed by atoms with Crippen LogP contribution in [-0.2, 0) is 14.3 Å². The van der Waals surface area contributed by atoms with Crippen LogP contribution in [0.4, 0.5) is 4.79 Å². The molecule has 6 heteroatoms. The zero-order valence-electron chi connectivity index (χ0n) is 12.4. The number of aldehydes is 1. The second-order valence-corrected chi connectivity index (χ2v) is 5.51. The molecule has 120 valence electrons. The number of nitrogens with one attached hydrogen (secondary N) is 1. The average molecular weight is 299 g/mol. The minimum atomic E-state index is -1.04. The second-order valence-electron chi connectivity index (χ2n) is 5.51. The molecule has 21 heavy (non-hydrogen) atoms. The van der Waals surface area contributed by atoms with E-state index >= 15 is 0 Å². The highest BCUT2D eigenvalue weighted by molar-refractivity contribution is 5.79. The van der Waals surface area contributed by atoms with E-state index in [9.17, 15) is 14.4 Å². The molecule has 1 fully saturated rings. The van der Waals surface area contributed by atoms with Crippen molar-refractivity contribution in [3.63, 3.8) is 0 Å². The molecule has 1 aliphatic carbocycles. The fourth-order valence-electron chi connectivity index (χ4n) is 2.52. The molecule has 0 unspecified atom stereocenters. The lowest BCUT2D eigenvalue weighted by molar-refractivity contribution is -0.139. The molecule has 0 spiro atoms. The van der Waals surface area contributed by atoms with E-state index < -0.39 is 18.1 Å². The number of carbonyl (C=O) groups is 3. The standard InChI is InChI=1S/C15H25NO5/c17-11-7-3-1-2-4-10-13(14(18)19)16-15(20)21-12-8-5-6-9-12/h11-13H,1-10H2,(H,16,20)(H,18,19)/t13-/m0/s1. The largest absolute Gasteiger partial charge is 0.480 e. The van der Waals surface area contributed by atoms with Gasteiger partial charge < -0.3 is 20.0 Å². The van der Waals surface area contributed by atoms with Crippen LogP contribution in [0.3, 0.4) is 0 Å². The van der Waals surface area contributed by atoms with Crippen LogP contribution in [-0.4, -0.2) is 35.6 Å². The zero-order valence-corrected chi connectivity index (χ0v) is 12.4. The average Bonchev–Trinajstić information content (AvgIpc) is 2.93. The predicted molar refractivity (Wildman–Crippen MR) is 77.1 cm³/mol. The number of ether oxygens (including phenoxy) is 1. The zero-order chi connectivity index (χ0) is 15.5. The summed E-state index contributed by atoms with van der Waals surface area (Å²) in [4.78, 5) is 32.9. The van der Waals surface area contributed by atoms with Gasteiger partial charge in [0.2, 0.25) is 0 Å². The highest BCUT2D eigenvalue weighted by Crippen LogP contribution is 2.21. The van der Waals surface area contributed by atoms with E-state index in [-0.39, 0.29) is 6.10 Å². The van der Waals surface area contributed by atoms with Crippen LogP contribution in [0.1, 0.15) is 64.2 Å². The van der Waals surface area contributed by atoms with E-state index in [0.29, 0.717) is 19.3 Å². The quantitative estimate of drug-likeness (QED) is 0.478. The van der Waals surface area contributed by atoms with Crippen LogP contribution in [0.15, 0.2) is 0 Å². The van der Waals surface area contributed by atoms with E-state index in [0.717, 1.165) is 51.2 Å². The van der Waals surface area contributed by atoms with Crippen LogP contribution in [0, 0.1) is 0 Å². The number of hydrogen-bond donors (Lipinski definition) is 2. The maximum atomic E-state index is 11.7. The Morgan fingerprint density at radius 1 is 1.19 bits per heavy atom. The van der Waals surface area contributed by atoms with Gasteiger partial charge in [-0.15, -0.1) is 0 Å². The van der Waals surface area contributed by atoms with Gasteiger partial charge in [0.15, 0.2) is 0 Å². The Morgan fingerprint density at radius 2 is 1.86 bits per heavy atom. The fourth-order valence-corrected chi connectivity index (χ4v) is 2.52. The van der Waals surface area contributed by atoms with Crippen LogP contribution >= 0.6 is 0 Å². The Bertz CT molecular complexity index is 339. The first-order valence-corrected chi connectivity index (χ1v) is 7.77. The number of rotatable bonds is 10. The van der Waals surface area contributed by atoms with Crippen molar-refractivity contribution in [3.05, 3.63) is 0 Å². The molecule has 0 bridgehead atoms. The Hall–Kier alpha value is -1.59. The molecule has 1 amide bonds. The van der Waals surface area contributed by atoms with Gasteiger partial charge in [-0.2, -0.15) is 0 Å². The molecule has 1 rings (SSSR count). The summed E-state index contributed by atoms with van der Waals surface area (Å²) in [5.41, 5.74) is 0. The van der Waals surface area contributed by atoms with Gasteiger partial charge in [-0.1, -0.05) is 19.3 Å². The third kappa shape index (κ3) is 7.68. The first-order chi connectivity index (χ1) is 10.1. The lowest BCUT2D eigenvalue weighted by Crippen LogP contribution is -2.42. The minimum absolute atomic E-state index is 0.0669. The van der Waals surface area contributed by atoms with Crippen LogP contribution in [0.2, 0.25) is 0 Å². The van der Waals surface area contributed by atoms with Gasteiger partial charge in [-0.3, -0.25) is 0 Å². The maximum absolute atomic E-state index is 11.7. The van der Waals surface area contributed by atoms with Crippen molar-refractivity contribution in [1.82, 2.24) is 5.32 Å². The van der Waals surface area contributed by atoms with Crippen molar-refractivity contribution in [2.45, 2.75) is 76.4 Å².